The molecule has 4 heterocycles. The van der Waals surface area contributed by atoms with Crippen LogP contribution in [0.25, 0.3) is 5.70 Å². The molecule has 3 aromatic rings. The highest BCUT2D eigenvalue weighted by atomic mass is 16.6. The number of aryl methyl sites for hydroxylation is 2. The van der Waals surface area contributed by atoms with Gasteiger partial charge in [0.25, 0.3) is 0 Å². The predicted molar refractivity (Wildman–Crippen MR) is 172 cm³/mol. The summed E-state index contributed by atoms with van der Waals surface area (Å²) in [4.78, 5) is 30.4. The minimum atomic E-state index is -0.260. The molecular weight excluding hydrogens is 536 g/mol. The molecule has 43 heavy (non-hydrogen) atoms. The number of benzene rings is 2. The van der Waals surface area contributed by atoms with Gasteiger partial charge in [0, 0.05) is 66.9 Å². The molecule has 226 valence electrons. The van der Waals surface area contributed by atoms with Gasteiger partial charge < -0.3 is 14.5 Å². The van der Waals surface area contributed by atoms with E-state index in [1.165, 1.54) is 11.3 Å². The van der Waals surface area contributed by atoms with Crippen LogP contribution in [0.2, 0.25) is 0 Å². The van der Waals surface area contributed by atoms with Crippen LogP contribution in [-0.2, 0) is 11.3 Å². The van der Waals surface area contributed by atoms with E-state index >= 15 is 0 Å². The average molecular weight is 581 g/mol. The molecule has 3 aliphatic rings. The van der Waals surface area contributed by atoms with E-state index in [4.69, 9.17) is 4.74 Å². The molecule has 0 bridgehead atoms. The van der Waals surface area contributed by atoms with E-state index in [-0.39, 0.29) is 11.6 Å². The molecule has 0 N–H and O–H groups in total. The third-order valence-corrected chi connectivity index (χ3v) is 9.86. The zero-order chi connectivity index (χ0) is 30.0. The number of likely N-dealkylation sites (tertiary alicyclic amines) is 2. The molecule has 1 aromatic heterocycles. The zero-order valence-corrected chi connectivity index (χ0v) is 25.8. The van der Waals surface area contributed by atoms with Crippen LogP contribution in [0.5, 0.6) is 0 Å². The molecule has 3 aliphatic heterocycles. The summed E-state index contributed by atoms with van der Waals surface area (Å²) >= 11 is 0. The molecule has 0 unspecified atom stereocenters. The number of hydrogen-bond acceptors (Lipinski definition) is 7. The SMILES string of the molecule is C=C(c1c(C)ncnc1C)N1CCC(C)(N2CCC(N(Cc3ccccc3)c3ccc(N4CCOC4=O)cc3)CC2)CC1. The summed E-state index contributed by atoms with van der Waals surface area (Å²) in [6.07, 6.45) is 5.87. The molecule has 3 saturated heterocycles. The van der Waals surface area contributed by atoms with Gasteiger partial charge in [0.2, 0.25) is 0 Å². The quantitative estimate of drug-likeness (QED) is 0.322. The molecule has 0 atom stereocenters. The van der Waals surface area contributed by atoms with Gasteiger partial charge in [-0.3, -0.25) is 9.80 Å². The fourth-order valence-electron chi connectivity index (χ4n) is 7.12. The van der Waals surface area contributed by atoms with Gasteiger partial charge in [-0.2, -0.15) is 0 Å². The second-order valence-corrected chi connectivity index (χ2v) is 12.5. The average Bonchev–Trinajstić information content (AvgIpc) is 3.46. The molecule has 0 aliphatic carbocycles. The van der Waals surface area contributed by atoms with Crippen LogP contribution in [0, 0.1) is 13.8 Å². The lowest BCUT2D eigenvalue weighted by Gasteiger charge is -2.51. The Morgan fingerprint density at radius 3 is 2.21 bits per heavy atom. The van der Waals surface area contributed by atoms with Crippen LogP contribution in [0.1, 0.15) is 55.1 Å². The topological polar surface area (TPSA) is 65.0 Å². The predicted octanol–water partition coefficient (Wildman–Crippen LogP) is 6.05. The Bertz CT molecular complexity index is 1410. The molecule has 0 radical (unpaired) electrons. The van der Waals surface area contributed by atoms with E-state index in [0.29, 0.717) is 19.2 Å². The van der Waals surface area contributed by atoms with Gasteiger partial charge in [0.15, 0.2) is 0 Å². The number of carbonyl (C=O) groups excluding carboxylic acids is 1. The Kier molecular flexibility index (Phi) is 8.39. The molecule has 0 saturated carbocycles. The van der Waals surface area contributed by atoms with Crippen molar-refractivity contribution in [1.82, 2.24) is 19.8 Å². The van der Waals surface area contributed by atoms with Crippen molar-refractivity contribution in [3.63, 3.8) is 0 Å². The highest BCUT2D eigenvalue weighted by Crippen LogP contribution is 2.36. The Labute approximate surface area is 256 Å². The number of rotatable bonds is 8. The summed E-state index contributed by atoms with van der Waals surface area (Å²) in [5, 5.41) is 0. The minimum absolute atomic E-state index is 0.190. The fraction of sp³-hybridized carbons (Fsp3) is 0.457. The van der Waals surface area contributed by atoms with Gasteiger partial charge in [0.05, 0.1) is 17.9 Å². The standard InChI is InChI=1S/C35H44N6O2/c1-26-33(27(2)37-25-36-26)28(3)38-20-16-35(4,17-21-38)39-18-14-32(15-19-39)41(24-29-8-6-5-7-9-29)31-12-10-30(11-13-31)40-22-23-43-34(40)42/h5-13,25,32H,3,14-24H2,1-2,4H3. The van der Waals surface area contributed by atoms with E-state index in [9.17, 15) is 4.79 Å². The summed E-state index contributed by atoms with van der Waals surface area (Å²) in [6.45, 7) is 17.1. The maximum atomic E-state index is 12.1. The molecule has 6 rings (SSSR count). The van der Waals surface area contributed by atoms with Crippen LogP contribution < -0.4 is 9.80 Å². The van der Waals surface area contributed by atoms with Gasteiger partial charge in [-0.05, 0) is 76.3 Å². The van der Waals surface area contributed by atoms with Crippen LogP contribution in [0.4, 0.5) is 16.2 Å². The van der Waals surface area contributed by atoms with E-state index in [2.05, 4.69) is 92.8 Å². The number of cyclic esters (lactones) is 1. The fourth-order valence-corrected chi connectivity index (χ4v) is 7.12. The van der Waals surface area contributed by atoms with Gasteiger partial charge in [-0.25, -0.2) is 14.8 Å². The number of amides is 1. The molecule has 8 heteroatoms. The smallest absolute Gasteiger partial charge is 0.414 e. The van der Waals surface area contributed by atoms with Crippen LogP contribution >= 0.6 is 0 Å². The first-order valence-electron chi connectivity index (χ1n) is 15.6. The van der Waals surface area contributed by atoms with Crippen molar-refractivity contribution in [2.45, 2.75) is 64.6 Å². The van der Waals surface area contributed by atoms with Crippen LogP contribution in [0.15, 0.2) is 67.5 Å². The lowest BCUT2D eigenvalue weighted by Crippen LogP contribution is -2.57. The summed E-state index contributed by atoms with van der Waals surface area (Å²) < 4.78 is 5.15. The highest BCUT2D eigenvalue weighted by Gasteiger charge is 2.39. The van der Waals surface area contributed by atoms with Crippen molar-refractivity contribution in [2.75, 3.05) is 49.1 Å². The minimum Gasteiger partial charge on any atom is -0.447 e. The van der Waals surface area contributed by atoms with E-state index in [0.717, 1.165) is 86.7 Å². The first-order valence-corrected chi connectivity index (χ1v) is 15.6. The maximum absolute atomic E-state index is 12.1. The third kappa shape index (κ3) is 6.11. The number of hydrogen-bond donors (Lipinski definition) is 0. The second-order valence-electron chi connectivity index (χ2n) is 12.5. The van der Waals surface area contributed by atoms with Gasteiger partial charge in [0.1, 0.15) is 12.9 Å². The van der Waals surface area contributed by atoms with Crippen molar-refractivity contribution in [2.24, 2.45) is 0 Å². The van der Waals surface area contributed by atoms with Crippen molar-refractivity contribution in [3.8, 4) is 0 Å². The molecule has 8 nitrogen and oxygen atoms in total. The van der Waals surface area contributed by atoms with Crippen molar-refractivity contribution < 1.29 is 9.53 Å². The first-order chi connectivity index (χ1) is 20.8. The van der Waals surface area contributed by atoms with Gasteiger partial charge in [-0.1, -0.05) is 36.9 Å². The van der Waals surface area contributed by atoms with E-state index < -0.39 is 0 Å². The summed E-state index contributed by atoms with van der Waals surface area (Å²) in [5.41, 5.74) is 7.75. The number of aromatic nitrogens is 2. The number of piperidine rings is 2. The van der Waals surface area contributed by atoms with Crippen LogP contribution in [-0.4, -0.2) is 76.8 Å². The van der Waals surface area contributed by atoms with E-state index in [1.54, 1.807) is 11.2 Å². The van der Waals surface area contributed by atoms with Gasteiger partial charge in [-0.15, -0.1) is 0 Å². The molecule has 2 aromatic carbocycles. The summed E-state index contributed by atoms with van der Waals surface area (Å²) in [6, 6.07) is 19.6. The summed E-state index contributed by atoms with van der Waals surface area (Å²) in [7, 11) is 0. The number of carbonyl (C=O) groups is 1. The highest BCUT2D eigenvalue weighted by molar-refractivity contribution is 5.89. The van der Waals surface area contributed by atoms with E-state index in [1.807, 2.05) is 13.8 Å². The molecule has 1 amide bonds. The van der Waals surface area contributed by atoms with Gasteiger partial charge >= 0.3 is 6.09 Å². The normalized spacial score (nSPS) is 19.4. The van der Waals surface area contributed by atoms with Crippen molar-refractivity contribution >= 4 is 23.2 Å². The van der Waals surface area contributed by atoms with Crippen LogP contribution in [0.3, 0.4) is 0 Å². The maximum Gasteiger partial charge on any atom is 0.414 e. The number of nitrogens with zero attached hydrogens (tertiary/aromatic N) is 6. The number of anilines is 2. The Balaban J connectivity index is 1.11. The molecular formula is C35H44N6O2. The number of ether oxygens (including phenoxy) is 1. The lowest BCUT2D eigenvalue weighted by molar-refractivity contribution is 0.0298. The first kappa shape index (κ1) is 29.2. The largest absolute Gasteiger partial charge is 0.447 e. The third-order valence-electron chi connectivity index (χ3n) is 9.86. The Morgan fingerprint density at radius 2 is 1.60 bits per heavy atom. The molecule has 3 fully saturated rings. The molecule has 0 spiro atoms. The lowest BCUT2D eigenvalue weighted by atomic mass is 9.85. The zero-order valence-electron chi connectivity index (χ0n) is 25.8. The Hall–Kier alpha value is -3.91. The second kappa shape index (κ2) is 12.4. The van der Waals surface area contributed by atoms with Crippen molar-refractivity contribution in [1.29, 1.82) is 0 Å². The summed E-state index contributed by atoms with van der Waals surface area (Å²) in [5.74, 6) is 0. The Morgan fingerprint density at radius 1 is 0.953 bits per heavy atom. The van der Waals surface area contributed by atoms with Crippen molar-refractivity contribution in [3.05, 3.63) is 90.0 Å². The monoisotopic (exact) mass is 580 g/mol.